The first-order valence-electron chi connectivity index (χ1n) is 16.6. The van der Waals surface area contributed by atoms with Gasteiger partial charge in [-0.3, -0.25) is 0 Å². The van der Waals surface area contributed by atoms with Crippen LogP contribution in [0.25, 0.3) is 0 Å². The lowest BCUT2D eigenvalue weighted by Gasteiger charge is -2.31. The Morgan fingerprint density at radius 1 is 1.06 bits per heavy atom. The molecule has 2 saturated heterocycles. The van der Waals surface area contributed by atoms with E-state index in [0.717, 1.165) is 11.1 Å². The number of sulfonamides is 1. The second-order valence-corrected chi connectivity index (χ2v) is 14.9. The van der Waals surface area contributed by atoms with E-state index in [1.165, 1.54) is 16.4 Å². The van der Waals surface area contributed by atoms with E-state index in [1.807, 2.05) is 26.0 Å². The molecule has 6 rings (SSSR count). The molecule has 0 bridgehead atoms. The highest BCUT2D eigenvalue weighted by atomic mass is 32.2. The van der Waals surface area contributed by atoms with Crippen molar-refractivity contribution < 1.29 is 46.7 Å². The molecule has 1 amide bonds. The Morgan fingerprint density at radius 3 is 2.62 bits per heavy atom. The third-order valence-electron chi connectivity index (χ3n) is 8.86. The van der Waals surface area contributed by atoms with E-state index in [0.29, 0.717) is 35.8 Å². The van der Waals surface area contributed by atoms with Gasteiger partial charge in [0.05, 0.1) is 47.8 Å². The van der Waals surface area contributed by atoms with Crippen LogP contribution in [0.4, 0.5) is 4.79 Å². The summed E-state index contributed by atoms with van der Waals surface area (Å²) in [7, 11) is -4.09. The molecule has 0 aliphatic carbocycles. The number of nitrogens with zero attached hydrogens (tertiary/aromatic N) is 2. The third-order valence-corrected chi connectivity index (χ3v) is 10.7. The number of fused-ring (bicyclic) bond motifs is 2. The minimum atomic E-state index is -4.09. The van der Waals surface area contributed by atoms with E-state index in [-0.39, 0.29) is 56.2 Å². The van der Waals surface area contributed by atoms with Crippen molar-refractivity contribution in [3.63, 3.8) is 0 Å². The maximum atomic E-state index is 13.9. The first kappa shape index (κ1) is 35.4. The number of ether oxygens (including phenoxy) is 6. The van der Waals surface area contributed by atoms with Gasteiger partial charge in [-0.15, -0.1) is 0 Å². The first-order valence-corrected chi connectivity index (χ1v) is 18.0. The van der Waals surface area contributed by atoms with Crippen molar-refractivity contribution in [2.45, 2.75) is 62.7 Å². The number of aliphatic hydroxyl groups is 1. The molecule has 3 heterocycles. The number of nitriles is 1. The van der Waals surface area contributed by atoms with E-state index in [4.69, 9.17) is 28.4 Å². The van der Waals surface area contributed by atoms with Gasteiger partial charge < -0.3 is 38.8 Å². The molecule has 0 spiro atoms. The van der Waals surface area contributed by atoms with E-state index in [9.17, 15) is 23.6 Å². The fraction of sp³-hybridized carbons (Fsp3) is 0.444. The first-order chi connectivity index (χ1) is 24.1. The van der Waals surface area contributed by atoms with Crippen LogP contribution in [0.5, 0.6) is 17.2 Å². The molecular formula is C36H41N3O10S. The molecule has 0 saturated carbocycles. The summed E-state index contributed by atoms with van der Waals surface area (Å²) in [5.74, 6) is 1.20. The summed E-state index contributed by atoms with van der Waals surface area (Å²) < 4.78 is 62.6. The normalized spacial score (nSPS) is 20.7. The molecule has 14 heteroatoms. The highest BCUT2D eigenvalue weighted by Crippen LogP contribution is 2.35. The molecule has 3 aromatic rings. The summed E-state index contributed by atoms with van der Waals surface area (Å²) in [5.41, 5.74) is 2.04. The van der Waals surface area contributed by atoms with Gasteiger partial charge in [0, 0.05) is 24.7 Å². The molecule has 0 unspecified atom stereocenters. The topological polar surface area (TPSA) is 166 Å². The Balaban J connectivity index is 1.18. The van der Waals surface area contributed by atoms with Crippen LogP contribution in [0.2, 0.25) is 0 Å². The maximum Gasteiger partial charge on any atom is 0.407 e. The predicted molar refractivity (Wildman–Crippen MR) is 179 cm³/mol. The van der Waals surface area contributed by atoms with Crippen molar-refractivity contribution in [3.8, 4) is 23.3 Å². The van der Waals surface area contributed by atoms with Crippen LogP contribution in [0.15, 0.2) is 71.6 Å². The van der Waals surface area contributed by atoms with Crippen LogP contribution in [0.1, 0.15) is 37.0 Å². The number of carbonyl (C=O) groups is 1. The van der Waals surface area contributed by atoms with Gasteiger partial charge in [0.2, 0.25) is 16.8 Å². The smallest absolute Gasteiger partial charge is 0.407 e. The van der Waals surface area contributed by atoms with Gasteiger partial charge in [-0.1, -0.05) is 44.2 Å². The van der Waals surface area contributed by atoms with E-state index in [2.05, 4.69) is 11.4 Å². The standard InChI is InChI=1S/C36H41N3O10S/c1-23(2)18-39(50(42,43)28-11-12-32-33(16-28)48-22-47-32)19-31(40)30(38-36(41)49-34-21-46-35-29(34)13-14-44-35)15-24-7-9-27(10-8-24)45-20-26-6-4-3-5-25(26)17-37/h3-12,16,23,29-31,34-35,40H,13-15,18-22H2,1-2H3,(H,38,41)/t29-,30-,31+,34-,35+/m0/s1. The second-order valence-electron chi connectivity index (χ2n) is 12.9. The fourth-order valence-corrected chi connectivity index (χ4v) is 7.88. The van der Waals surface area contributed by atoms with Crippen LogP contribution < -0.4 is 19.5 Å². The third kappa shape index (κ3) is 8.31. The molecule has 0 aromatic heterocycles. The highest BCUT2D eigenvalue weighted by molar-refractivity contribution is 7.89. The van der Waals surface area contributed by atoms with Crippen molar-refractivity contribution >= 4 is 16.1 Å². The summed E-state index contributed by atoms with van der Waals surface area (Å²) in [5, 5.41) is 23.9. The number of alkyl carbamates (subject to hydrolysis) is 1. The average molecular weight is 708 g/mol. The summed E-state index contributed by atoms with van der Waals surface area (Å²) in [6, 6.07) is 20.0. The Bertz CT molecular complexity index is 1800. The number of benzene rings is 3. The van der Waals surface area contributed by atoms with Crippen LogP contribution in [-0.2, 0) is 37.3 Å². The summed E-state index contributed by atoms with van der Waals surface area (Å²) in [6.45, 7) is 4.51. The van der Waals surface area contributed by atoms with E-state index >= 15 is 0 Å². The Kier molecular flexibility index (Phi) is 11.1. The van der Waals surface area contributed by atoms with Gasteiger partial charge in [0.15, 0.2) is 17.8 Å². The van der Waals surface area contributed by atoms with Crippen LogP contribution in [-0.4, -0.2) is 81.6 Å². The van der Waals surface area contributed by atoms with Gasteiger partial charge in [-0.05, 0) is 54.7 Å². The molecule has 5 atom stereocenters. The summed E-state index contributed by atoms with van der Waals surface area (Å²) >= 11 is 0. The number of nitrogens with one attached hydrogen (secondary N) is 1. The SMILES string of the molecule is CC(C)CN(C[C@@H](O)[C@H](Cc1ccc(OCc2ccccc2C#N)cc1)NC(=O)O[C@H]1CO[C@H]2OCC[C@H]21)S(=O)(=O)c1ccc2c(c1)OCO2. The van der Waals surface area contributed by atoms with Gasteiger partial charge in [-0.25, -0.2) is 13.2 Å². The fourth-order valence-electron chi connectivity index (χ4n) is 6.25. The zero-order chi connectivity index (χ0) is 35.3. The molecule has 3 aromatic carbocycles. The molecule has 2 fully saturated rings. The predicted octanol–water partition coefficient (Wildman–Crippen LogP) is 3.97. The van der Waals surface area contributed by atoms with Crippen molar-refractivity contribution in [1.29, 1.82) is 5.26 Å². The lowest BCUT2D eigenvalue weighted by atomic mass is 10.0. The molecule has 266 valence electrons. The monoisotopic (exact) mass is 707 g/mol. The number of hydrogen-bond acceptors (Lipinski definition) is 11. The molecule has 50 heavy (non-hydrogen) atoms. The molecule has 2 N–H and O–H groups in total. The second kappa shape index (κ2) is 15.7. The van der Waals surface area contributed by atoms with E-state index < -0.39 is 40.7 Å². The van der Waals surface area contributed by atoms with Crippen molar-refractivity contribution in [2.75, 3.05) is 33.1 Å². The van der Waals surface area contributed by atoms with Crippen LogP contribution in [0.3, 0.4) is 0 Å². The van der Waals surface area contributed by atoms with Crippen LogP contribution in [0, 0.1) is 23.2 Å². The molecule has 13 nitrogen and oxygen atoms in total. The number of amides is 1. The minimum Gasteiger partial charge on any atom is -0.489 e. The zero-order valence-corrected chi connectivity index (χ0v) is 28.7. The van der Waals surface area contributed by atoms with E-state index in [1.54, 1.807) is 42.5 Å². The summed E-state index contributed by atoms with van der Waals surface area (Å²) in [6.07, 6.45) is -2.14. The highest BCUT2D eigenvalue weighted by Gasteiger charge is 2.44. The number of aliphatic hydroxyl groups excluding tert-OH is 1. The lowest BCUT2D eigenvalue weighted by molar-refractivity contribution is -0.0907. The minimum absolute atomic E-state index is 0.000368. The van der Waals surface area contributed by atoms with Gasteiger partial charge in [-0.2, -0.15) is 9.57 Å². The number of rotatable bonds is 14. The lowest BCUT2D eigenvalue weighted by Crippen LogP contribution is -2.51. The molecule has 3 aliphatic rings. The van der Waals surface area contributed by atoms with Crippen molar-refractivity contribution in [1.82, 2.24) is 9.62 Å². The maximum absolute atomic E-state index is 13.9. The van der Waals surface area contributed by atoms with Gasteiger partial charge in [0.1, 0.15) is 18.5 Å². The number of carbonyl (C=O) groups excluding carboxylic acids is 1. The van der Waals surface area contributed by atoms with Crippen LogP contribution >= 0.6 is 0 Å². The van der Waals surface area contributed by atoms with Gasteiger partial charge in [0.25, 0.3) is 0 Å². The van der Waals surface area contributed by atoms with Crippen molar-refractivity contribution in [2.24, 2.45) is 11.8 Å². The average Bonchev–Trinajstić information content (AvgIpc) is 3.86. The Morgan fingerprint density at radius 2 is 1.84 bits per heavy atom. The molecule has 3 aliphatic heterocycles. The Labute approximate surface area is 291 Å². The quantitative estimate of drug-likeness (QED) is 0.249. The number of hydrogen-bond donors (Lipinski definition) is 2. The molecule has 0 radical (unpaired) electrons. The largest absolute Gasteiger partial charge is 0.489 e. The Hall–Kier alpha value is -4.39. The van der Waals surface area contributed by atoms with Crippen molar-refractivity contribution in [3.05, 3.63) is 83.4 Å². The van der Waals surface area contributed by atoms with Gasteiger partial charge >= 0.3 is 6.09 Å². The summed E-state index contributed by atoms with van der Waals surface area (Å²) in [4.78, 5) is 13.3. The zero-order valence-electron chi connectivity index (χ0n) is 27.9. The molecular weight excluding hydrogens is 666 g/mol.